The lowest BCUT2D eigenvalue weighted by Gasteiger charge is -1.94. The van der Waals surface area contributed by atoms with Crippen LogP contribution in [0.25, 0.3) is 0 Å². The average Bonchev–Trinajstić information content (AvgIpc) is 2.58. The Morgan fingerprint density at radius 1 is 1.57 bits per heavy atom. The van der Waals surface area contributed by atoms with Crippen LogP contribution in [-0.4, -0.2) is 16.3 Å². The van der Waals surface area contributed by atoms with Crippen LogP contribution >= 0.6 is 0 Å². The van der Waals surface area contributed by atoms with E-state index in [0.717, 1.165) is 0 Å². The zero-order valence-electron chi connectivity index (χ0n) is 7.49. The topological polar surface area (TPSA) is 49.0 Å². The van der Waals surface area contributed by atoms with Crippen molar-refractivity contribution >= 4 is 0 Å². The van der Waals surface area contributed by atoms with Gasteiger partial charge in [0, 0.05) is 11.8 Å². The van der Waals surface area contributed by atoms with Crippen molar-refractivity contribution in [2.45, 2.75) is 6.54 Å². The van der Waals surface area contributed by atoms with E-state index in [4.69, 9.17) is 16.8 Å². The monoisotopic (exact) mass is 184 g/mol. The predicted molar refractivity (Wildman–Crippen MR) is 51.9 cm³/mol. The molecule has 0 fully saturated rings. The number of hydrogen-bond donors (Lipinski definition) is 1. The molecule has 0 aliphatic heterocycles. The highest BCUT2D eigenvalue weighted by molar-refractivity contribution is 5.39. The molecule has 0 saturated carbocycles. The van der Waals surface area contributed by atoms with Gasteiger partial charge in [-0.25, -0.2) is 0 Å². The first-order valence-electron chi connectivity index (χ1n) is 3.95. The lowest BCUT2D eigenvalue weighted by molar-refractivity contribution is 0.350. The summed E-state index contributed by atoms with van der Waals surface area (Å²) in [5.74, 6) is 7.65. The van der Waals surface area contributed by atoms with E-state index in [9.17, 15) is 0 Å². The highest BCUT2D eigenvalue weighted by atomic mass is 16.2. The molecule has 3 nitrogen and oxygen atoms in total. The lowest BCUT2D eigenvalue weighted by Crippen LogP contribution is -1.95. The van der Waals surface area contributed by atoms with E-state index in [1.54, 1.807) is 16.8 Å². The quantitative estimate of drug-likeness (QED) is 0.640. The Balaban J connectivity index is 3.03. The Kier molecular flexibility index (Phi) is 3.39. The molecule has 0 aliphatic rings. The Bertz CT molecular complexity index is 460. The van der Waals surface area contributed by atoms with Crippen LogP contribution in [0.5, 0.6) is 0 Å². The van der Waals surface area contributed by atoms with Crippen molar-refractivity contribution in [3.63, 3.8) is 0 Å². The van der Waals surface area contributed by atoms with E-state index in [0.29, 0.717) is 17.8 Å². The first-order valence-corrected chi connectivity index (χ1v) is 3.95. The normalized spacial score (nSPS) is 8.21. The predicted octanol–water partition coefficient (Wildman–Crippen LogP) is 0.337. The molecule has 1 N–H and O–H groups in total. The average molecular weight is 184 g/mol. The van der Waals surface area contributed by atoms with Gasteiger partial charge in [0.25, 0.3) is 0 Å². The smallest absolute Gasteiger partial charge is 0.122 e. The van der Waals surface area contributed by atoms with Gasteiger partial charge in [-0.15, -0.1) is 6.42 Å². The fourth-order valence-electron chi connectivity index (χ4n) is 1.04. The van der Waals surface area contributed by atoms with Gasteiger partial charge in [-0.3, -0.25) is 0 Å². The minimum atomic E-state index is -0.192. The highest BCUT2D eigenvalue weighted by Gasteiger charge is 2.01. The van der Waals surface area contributed by atoms with Gasteiger partial charge in [0.05, 0.1) is 6.54 Å². The fourth-order valence-corrected chi connectivity index (χ4v) is 1.04. The van der Waals surface area contributed by atoms with E-state index in [1.807, 2.05) is 6.07 Å². The third kappa shape index (κ3) is 2.17. The van der Waals surface area contributed by atoms with E-state index < -0.39 is 0 Å². The summed E-state index contributed by atoms with van der Waals surface area (Å²) >= 11 is 0. The Labute approximate surface area is 82.6 Å². The van der Waals surface area contributed by atoms with Crippen LogP contribution in [-0.2, 0) is 6.54 Å². The summed E-state index contributed by atoms with van der Waals surface area (Å²) in [6.07, 6.45) is 6.83. The number of aliphatic hydroxyl groups excluding tert-OH is 1. The minimum absolute atomic E-state index is 0.192. The van der Waals surface area contributed by atoms with Crippen molar-refractivity contribution in [2.75, 3.05) is 6.61 Å². The Morgan fingerprint density at radius 2 is 2.36 bits per heavy atom. The second-order valence-electron chi connectivity index (χ2n) is 2.52. The van der Waals surface area contributed by atoms with Crippen LogP contribution < -0.4 is 0 Å². The molecule has 1 heterocycles. The summed E-state index contributed by atoms with van der Waals surface area (Å²) in [7, 11) is 0. The molecule has 68 valence electrons. The van der Waals surface area contributed by atoms with Gasteiger partial charge in [-0.05, 0) is 6.07 Å². The first-order chi connectivity index (χ1) is 6.81. The maximum Gasteiger partial charge on any atom is 0.122 e. The van der Waals surface area contributed by atoms with Crippen molar-refractivity contribution in [1.82, 2.24) is 4.57 Å². The van der Waals surface area contributed by atoms with Crippen LogP contribution in [0, 0.1) is 35.5 Å². The van der Waals surface area contributed by atoms with Crippen molar-refractivity contribution < 1.29 is 5.11 Å². The van der Waals surface area contributed by atoms with E-state index in [-0.39, 0.29) is 6.61 Å². The molecule has 0 aliphatic carbocycles. The number of aromatic nitrogens is 1. The summed E-state index contributed by atoms with van der Waals surface area (Å²) in [4.78, 5) is 0. The summed E-state index contributed by atoms with van der Waals surface area (Å²) < 4.78 is 1.64. The molecule has 0 atom stereocenters. The molecule has 1 rings (SSSR count). The summed E-state index contributed by atoms with van der Waals surface area (Å²) in [6, 6.07) is 3.65. The van der Waals surface area contributed by atoms with E-state index in [1.165, 1.54) is 0 Å². The number of rotatable bonds is 1. The van der Waals surface area contributed by atoms with Gasteiger partial charge in [-0.1, -0.05) is 17.8 Å². The van der Waals surface area contributed by atoms with Gasteiger partial charge >= 0.3 is 0 Å². The minimum Gasteiger partial charge on any atom is -0.384 e. The maximum atomic E-state index is 8.75. The molecule has 1 aromatic rings. The van der Waals surface area contributed by atoms with Gasteiger partial charge in [0.15, 0.2) is 0 Å². The van der Waals surface area contributed by atoms with Crippen LogP contribution in [0.3, 0.4) is 0 Å². The molecular weight excluding hydrogens is 176 g/mol. The number of nitriles is 1. The molecule has 14 heavy (non-hydrogen) atoms. The van der Waals surface area contributed by atoms with Crippen molar-refractivity contribution in [2.24, 2.45) is 0 Å². The van der Waals surface area contributed by atoms with Crippen LogP contribution in [0.2, 0.25) is 0 Å². The Hall–Kier alpha value is -2.15. The lowest BCUT2D eigenvalue weighted by atomic mass is 10.3. The van der Waals surface area contributed by atoms with Gasteiger partial charge in [0.2, 0.25) is 0 Å². The molecule has 3 heteroatoms. The van der Waals surface area contributed by atoms with Gasteiger partial charge < -0.3 is 9.67 Å². The first kappa shape index (κ1) is 9.93. The molecule has 1 aromatic heterocycles. The van der Waals surface area contributed by atoms with Crippen molar-refractivity contribution in [3.05, 3.63) is 23.5 Å². The molecule has 0 radical (unpaired) electrons. The third-order valence-corrected chi connectivity index (χ3v) is 1.58. The largest absolute Gasteiger partial charge is 0.384 e. The molecule has 0 amide bonds. The number of nitrogens with zero attached hydrogens (tertiary/aromatic N) is 2. The number of terminal acetylenes is 1. The standard InChI is InChI=1S/C11H8N2O/c1-2-5-13-9-10(4-3-6-14)7-11(13)8-12/h1,7,9,14H,5-6H2. The molecule has 0 unspecified atom stereocenters. The Morgan fingerprint density at radius 3 is 2.93 bits per heavy atom. The summed E-state index contributed by atoms with van der Waals surface area (Å²) in [6.45, 7) is 0.159. The second-order valence-corrected chi connectivity index (χ2v) is 2.52. The van der Waals surface area contributed by atoms with Crippen LogP contribution in [0.4, 0.5) is 0 Å². The molecule has 0 spiro atoms. The van der Waals surface area contributed by atoms with Gasteiger partial charge in [-0.2, -0.15) is 5.26 Å². The zero-order valence-corrected chi connectivity index (χ0v) is 7.49. The summed E-state index contributed by atoms with van der Waals surface area (Å²) in [5.41, 5.74) is 1.16. The molecule has 0 saturated heterocycles. The number of aliphatic hydroxyl groups is 1. The number of hydrogen-bond acceptors (Lipinski definition) is 2. The van der Waals surface area contributed by atoms with Crippen molar-refractivity contribution in [3.8, 4) is 30.3 Å². The third-order valence-electron chi connectivity index (χ3n) is 1.58. The van der Waals surface area contributed by atoms with E-state index >= 15 is 0 Å². The van der Waals surface area contributed by atoms with Crippen molar-refractivity contribution in [1.29, 1.82) is 5.26 Å². The SMILES string of the molecule is C#CCn1cc(C#CCO)cc1C#N. The second kappa shape index (κ2) is 4.77. The zero-order chi connectivity index (χ0) is 10.4. The molecule has 0 bridgehead atoms. The van der Waals surface area contributed by atoms with Crippen LogP contribution in [0.15, 0.2) is 12.3 Å². The molecular formula is C11H8N2O. The summed E-state index contributed by atoms with van der Waals surface area (Å²) in [5, 5.41) is 17.2. The van der Waals surface area contributed by atoms with E-state index in [2.05, 4.69) is 17.8 Å². The molecule has 0 aromatic carbocycles. The highest BCUT2D eigenvalue weighted by Crippen LogP contribution is 2.06. The maximum absolute atomic E-state index is 8.75. The van der Waals surface area contributed by atoms with Crippen LogP contribution in [0.1, 0.15) is 11.3 Å². The van der Waals surface area contributed by atoms with Gasteiger partial charge in [0.1, 0.15) is 18.4 Å². The fraction of sp³-hybridized carbons (Fsp3) is 0.182.